The molecular weight excluding hydrogens is 376 g/mol. The highest BCUT2D eigenvalue weighted by Gasteiger charge is 2.22. The third-order valence-corrected chi connectivity index (χ3v) is 6.04. The molecule has 0 unspecified atom stereocenters. The maximum atomic E-state index is 12.2. The average molecular weight is 398 g/mol. The first-order valence-electron chi connectivity index (χ1n) is 9.10. The van der Waals surface area contributed by atoms with Crippen molar-refractivity contribution < 1.29 is 14.3 Å². The molecule has 2 heterocycles. The van der Waals surface area contributed by atoms with E-state index < -0.39 is 18.5 Å². The van der Waals surface area contributed by atoms with Crippen LogP contribution in [0.4, 0.5) is 5.00 Å². The number of ether oxygens (including phenoxy) is 1. The Kier molecular flexibility index (Phi) is 5.95. The Bertz CT molecular complexity index is 994. The Morgan fingerprint density at radius 3 is 2.79 bits per heavy atom. The fourth-order valence-corrected chi connectivity index (χ4v) is 4.56. The maximum Gasteiger partial charge on any atom is 0.331 e. The van der Waals surface area contributed by atoms with E-state index in [9.17, 15) is 14.9 Å². The summed E-state index contributed by atoms with van der Waals surface area (Å²) in [6.07, 6.45) is 6.90. The second kappa shape index (κ2) is 8.40. The molecule has 0 bridgehead atoms. The number of aromatic nitrogens is 2. The molecule has 3 rings (SSSR count). The molecule has 28 heavy (non-hydrogen) atoms. The van der Waals surface area contributed by atoms with Gasteiger partial charge in [-0.05, 0) is 51.2 Å². The maximum absolute atomic E-state index is 12.2. The first-order valence-corrected chi connectivity index (χ1v) is 9.92. The minimum absolute atomic E-state index is 0.401. The quantitative estimate of drug-likeness (QED) is 0.617. The predicted octanol–water partition coefficient (Wildman–Crippen LogP) is 3.04. The van der Waals surface area contributed by atoms with Crippen molar-refractivity contribution >= 4 is 34.3 Å². The van der Waals surface area contributed by atoms with Gasteiger partial charge in [-0.25, -0.2) is 4.79 Å². The zero-order chi connectivity index (χ0) is 20.3. The van der Waals surface area contributed by atoms with Gasteiger partial charge in [0, 0.05) is 29.3 Å². The molecule has 0 saturated carbocycles. The van der Waals surface area contributed by atoms with Gasteiger partial charge in [-0.1, -0.05) is 0 Å². The fourth-order valence-electron chi connectivity index (χ4n) is 3.30. The molecule has 1 amide bonds. The summed E-state index contributed by atoms with van der Waals surface area (Å²) >= 11 is 1.44. The number of nitrogens with one attached hydrogen (secondary N) is 1. The zero-order valence-corrected chi connectivity index (χ0v) is 17.0. The van der Waals surface area contributed by atoms with Crippen LogP contribution in [0.5, 0.6) is 0 Å². The SMILES string of the molecule is Cc1nn(C)c(C)c1/C=C/C(=O)OCC(=O)Nc1sc2c(c1C#N)CCCC2. The number of carbonyl (C=O) groups excluding carboxylic acids is 2. The van der Waals surface area contributed by atoms with E-state index in [1.807, 2.05) is 20.9 Å². The Morgan fingerprint density at radius 1 is 1.36 bits per heavy atom. The highest BCUT2D eigenvalue weighted by atomic mass is 32.1. The highest BCUT2D eigenvalue weighted by Crippen LogP contribution is 2.37. The Morgan fingerprint density at radius 2 is 2.11 bits per heavy atom. The van der Waals surface area contributed by atoms with Crippen LogP contribution in [0.2, 0.25) is 0 Å². The van der Waals surface area contributed by atoms with E-state index in [1.165, 1.54) is 22.3 Å². The van der Waals surface area contributed by atoms with Gasteiger partial charge < -0.3 is 10.1 Å². The molecule has 8 heteroatoms. The van der Waals surface area contributed by atoms with Crippen LogP contribution in [-0.4, -0.2) is 28.3 Å². The molecule has 0 atom stereocenters. The standard InChI is InChI=1S/C20H22N4O3S/c1-12-14(13(2)24(3)23-12)8-9-19(26)27-11-18(25)22-20-16(10-21)15-6-4-5-7-17(15)28-20/h8-9H,4-7,11H2,1-3H3,(H,22,25)/b9-8+. The summed E-state index contributed by atoms with van der Waals surface area (Å²) in [5, 5.41) is 17.0. The van der Waals surface area contributed by atoms with Gasteiger partial charge in [0.25, 0.3) is 5.91 Å². The van der Waals surface area contributed by atoms with Crippen molar-refractivity contribution in [2.45, 2.75) is 39.5 Å². The molecule has 0 fully saturated rings. The van der Waals surface area contributed by atoms with E-state index in [0.717, 1.165) is 48.2 Å². The van der Waals surface area contributed by atoms with Crippen LogP contribution in [0.15, 0.2) is 6.08 Å². The van der Waals surface area contributed by atoms with Crippen LogP contribution in [0.3, 0.4) is 0 Å². The van der Waals surface area contributed by atoms with E-state index in [-0.39, 0.29) is 0 Å². The molecule has 0 aromatic carbocycles. The molecule has 0 saturated heterocycles. The number of fused-ring (bicyclic) bond motifs is 1. The Hall–Kier alpha value is -2.92. The number of carbonyl (C=O) groups is 2. The second-order valence-electron chi connectivity index (χ2n) is 6.72. The Balaban J connectivity index is 1.57. The molecule has 2 aromatic rings. The highest BCUT2D eigenvalue weighted by molar-refractivity contribution is 7.16. The van der Waals surface area contributed by atoms with Crippen molar-refractivity contribution in [1.29, 1.82) is 5.26 Å². The van der Waals surface area contributed by atoms with Gasteiger partial charge in [0.05, 0.1) is 11.3 Å². The molecule has 1 aliphatic rings. The third kappa shape index (κ3) is 4.15. The summed E-state index contributed by atoms with van der Waals surface area (Å²) in [6.45, 7) is 3.37. The number of anilines is 1. The van der Waals surface area contributed by atoms with Crippen LogP contribution in [0.1, 0.15) is 45.8 Å². The van der Waals surface area contributed by atoms with Gasteiger partial charge in [-0.15, -0.1) is 11.3 Å². The monoisotopic (exact) mass is 398 g/mol. The molecule has 0 radical (unpaired) electrons. The van der Waals surface area contributed by atoms with Crippen molar-refractivity contribution in [1.82, 2.24) is 9.78 Å². The average Bonchev–Trinajstić information content (AvgIpc) is 3.14. The largest absolute Gasteiger partial charge is 0.452 e. The van der Waals surface area contributed by atoms with Crippen molar-refractivity contribution in [3.05, 3.63) is 39.0 Å². The summed E-state index contributed by atoms with van der Waals surface area (Å²) in [7, 11) is 1.83. The van der Waals surface area contributed by atoms with Crippen LogP contribution >= 0.6 is 11.3 Å². The summed E-state index contributed by atoms with van der Waals surface area (Å²) in [5.74, 6) is -1.06. The number of aryl methyl sites for hydroxylation is 3. The lowest BCUT2D eigenvalue weighted by Crippen LogP contribution is -2.20. The van der Waals surface area contributed by atoms with Gasteiger partial charge in [-0.2, -0.15) is 10.4 Å². The van der Waals surface area contributed by atoms with Crippen LogP contribution in [-0.2, 0) is 34.2 Å². The van der Waals surface area contributed by atoms with Gasteiger partial charge >= 0.3 is 5.97 Å². The Labute approximate surface area is 167 Å². The third-order valence-electron chi connectivity index (χ3n) is 4.83. The fraction of sp³-hybridized carbons (Fsp3) is 0.400. The van der Waals surface area contributed by atoms with E-state index in [1.54, 1.807) is 10.8 Å². The van der Waals surface area contributed by atoms with Crippen molar-refractivity contribution in [2.24, 2.45) is 7.05 Å². The molecule has 0 aliphatic heterocycles. The number of hydrogen-bond donors (Lipinski definition) is 1. The lowest BCUT2D eigenvalue weighted by atomic mass is 9.96. The molecular formula is C20H22N4O3S. The number of nitrogens with zero attached hydrogens (tertiary/aromatic N) is 3. The van der Waals surface area contributed by atoms with Crippen molar-refractivity contribution in [2.75, 3.05) is 11.9 Å². The van der Waals surface area contributed by atoms with Crippen LogP contribution in [0, 0.1) is 25.2 Å². The van der Waals surface area contributed by atoms with Crippen molar-refractivity contribution in [3.63, 3.8) is 0 Å². The van der Waals surface area contributed by atoms with Crippen LogP contribution in [0.25, 0.3) is 6.08 Å². The first-order chi connectivity index (χ1) is 13.4. The summed E-state index contributed by atoms with van der Waals surface area (Å²) in [4.78, 5) is 25.2. The molecule has 2 aromatic heterocycles. The van der Waals surface area contributed by atoms with Crippen molar-refractivity contribution in [3.8, 4) is 6.07 Å². The summed E-state index contributed by atoms with van der Waals surface area (Å²) in [6, 6.07) is 2.19. The number of esters is 1. The zero-order valence-electron chi connectivity index (χ0n) is 16.2. The van der Waals surface area contributed by atoms with Crippen LogP contribution < -0.4 is 5.32 Å². The molecule has 1 aliphatic carbocycles. The summed E-state index contributed by atoms with van der Waals surface area (Å²) < 4.78 is 6.75. The summed E-state index contributed by atoms with van der Waals surface area (Å²) in [5.41, 5.74) is 4.20. The van der Waals surface area contributed by atoms with E-state index in [0.29, 0.717) is 10.6 Å². The minimum Gasteiger partial charge on any atom is -0.452 e. The molecule has 0 spiro atoms. The molecule has 1 N–H and O–H groups in total. The normalized spacial score (nSPS) is 13.2. The molecule has 7 nitrogen and oxygen atoms in total. The number of rotatable bonds is 5. The topological polar surface area (TPSA) is 97.0 Å². The molecule has 146 valence electrons. The van der Waals surface area contributed by atoms with Gasteiger partial charge in [0.1, 0.15) is 11.1 Å². The number of amides is 1. The number of nitriles is 1. The van der Waals surface area contributed by atoms with Gasteiger partial charge in [-0.3, -0.25) is 9.48 Å². The van der Waals surface area contributed by atoms with E-state index in [2.05, 4.69) is 16.5 Å². The lowest BCUT2D eigenvalue weighted by molar-refractivity contribution is -0.142. The van der Waals surface area contributed by atoms with Gasteiger partial charge in [0.2, 0.25) is 0 Å². The smallest absolute Gasteiger partial charge is 0.331 e. The minimum atomic E-state index is -0.608. The van der Waals surface area contributed by atoms with E-state index in [4.69, 9.17) is 4.74 Å². The predicted molar refractivity (Wildman–Crippen MR) is 107 cm³/mol. The lowest BCUT2D eigenvalue weighted by Gasteiger charge is -2.09. The van der Waals surface area contributed by atoms with E-state index >= 15 is 0 Å². The first kappa shape index (κ1) is 19.8. The number of thiophene rings is 1. The second-order valence-corrected chi connectivity index (χ2v) is 7.83. The van der Waals surface area contributed by atoms with Gasteiger partial charge in [0.15, 0.2) is 6.61 Å². The number of hydrogen-bond acceptors (Lipinski definition) is 6.